The topological polar surface area (TPSA) is 11.4 Å². The van der Waals surface area contributed by atoms with Gasteiger partial charge in [-0.3, -0.25) is 0 Å². The fraction of sp³-hybridized carbons (Fsp3) is 0.267. The molecule has 5 heteroatoms. The fourth-order valence-corrected chi connectivity index (χ4v) is 11.8. The van der Waals surface area contributed by atoms with Crippen LogP contribution in [0.4, 0.5) is 34.1 Å². The lowest BCUT2D eigenvalue weighted by atomic mass is 9.34. The van der Waals surface area contributed by atoms with Gasteiger partial charge in [0.05, 0.1) is 15.9 Å². The average Bonchev–Trinajstić information content (AvgIpc) is 3.81. The van der Waals surface area contributed by atoms with Crippen LogP contribution in [-0.2, 0) is 21.7 Å². The summed E-state index contributed by atoms with van der Waals surface area (Å²) >= 11 is 1.94. The van der Waals surface area contributed by atoms with E-state index in [4.69, 9.17) is 0 Å². The standard InChI is InChI=1S/C60H60BN3S/c1-57(2,3)37-21-27-42(28-22-37)62-48-33-25-40(60(10,11)12)36-47(48)61-52-49(62)19-16-20-50(52)63(43-29-23-38(24-30-43)58(4,5)6)54-45-32-31-44-46-35-39(59(7,8)9)26-34-51(46)65-55(44)53(45)64(56(54)61)41-17-14-13-15-18-41/h13-36H,1-12H3. The highest BCUT2D eigenvalue weighted by molar-refractivity contribution is 7.26. The summed E-state index contributed by atoms with van der Waals surface area (Å²) in [6, 6.07) is 56.3. The second-order valence-electron chi connectivity index (χ2n) is 22.7. The Labute approximate surface area is 390 Å². The summed E-state index contributed by atoms with van der Waals surface area (Å²) in [7, 11) is 0. The Morgan fingerprint density at radius 1 is 0.415 bits per heavy atom. The van der Waals surface area contributed by atoms with Gasteiger partial charge in [-0.2, -0.15) is 0 Å². The van der Waals surface area contributed by atoms with Crippen molar-refractivity contribution in [3.8, 4) is 5.69 Å². The molecule has 0 unspecified atom stereocenters. The quantitative estimate of drug-likeness (QED) is 0.164. The van der Waals surface area contributed by atoms with E-state index in [-0.39, 0.29) is 28.4 Å². The number of nitrogens with zero attached hydrogens (tertiary/aromatic N) is 3. The first-order valence-corrected chi connectivity index (χ1v) is 24.3. The molecule has 0 saturated heterocycles. The van der Waals surface area contributed by atoms with Gasteiger partial charge in [-0.05, 0) is 122 Å². The van der Waals surface area contributed by atoms with Crippen LogP contribution in [0.5, 0.6) is 0 Å². The van der Waals surface area contributed by atoms with Crippen molar-refractivity contribution in [1.82, 2.24) is 4.57 Å². The van der Waals surface area contributed by atoms with E-state index >= 15 is 0 Å². The van der Waals surface area contributed by atoms with Crippen molar-refractivity contribution < 1.29 is 0 Å². The van der Waals surface area contributed by atoms with Crippen molar-refractivity contribution in [2.75, 3.05) is 9.80 Å². The number of para-hydroxylation sites is 1. The summed E-state index contributed by atoms with van der Waals surface area (Å²) in [5.41, 5.74) is 19.1. The minimum atomic E-state index is -0.0618. The molecule has 0 amide bonds. The molecule has 2 aliphatic rings. The molecule has 11 rings (SSSR count). The third-order valence-electron chi connectivity index (χ3n) is 14.2. The Morgan fingerprint density at radius 3 is 1.54 bits per heavy atom. The van der Waals surface area contributed by atoms with Gasteiger partial charge in [0.25, 0.3) is 6.71 Å². The number of benzene rings is 7. The summed E-state index contributed by atoms with van der Waals surface area (Å²) in [5, 5.41) is 3.92. The highest BCUT2D eigenvalue weighted by atomic mass is 32.1. The van der Waals surface area contributed by atoms with E-state index < -0.39 is 0 Å². The van der Waals surface area contributed by atoms with Crippen LogP contribution in [0.1, 0.15) is 105 Å². The monoisotopic (exact) mass is 865 g/mol. The molecule has 0 bridgehead atoms. The third-order valence-corrected chi connectivity index (χ3v) is 15.4. The van der Waals surface area contributed by atoms with Crippen LogP contribution in [-0.4, -0.2) is 11.3 Å². The maximum Gasteiger partial charge on any atom is 0.273 e. The van der Waals surface area contributed by atoms with E-state index in [2.05, 4.69) is 243 Å². The van der Waals surface area contributed by atoms with Crippen LogP contribution in [0.25, 0.3) is 36.8 Å². The number of aromatic nitrogens is 1. The zero-order valence-electron chi connectivity index (χ0n) is 40.2. The van der Waals surface area contributed by atoms with Crippen molar-refractivity contribution in [3.63, 3.8) is 0 Å². The van der Waals surface area contributed by atoms with Crippen molar-refractivity contribution >= 4 is 99.8 Å². The number of anilines is 6. The summed E-state index contributed by atoms with van der Waals surface area (Å²) < 4.78 is 5.31. The number of thiophene rings is 1. The lowest BCUT2D eigenvalue weighted by Gasteiger charge is -2.44. The predicted molar refractivity (Wildman–Crippen MR) is 285 cm³/mol. The highest BCUT2D eigenvalue weighted by Crippen LogP contribution is 2.50. The molecule has 0 fully saturated rings. The predicted octanol–water partition coefficient (Wildman–Crippen LogP) is 15.3. The minimum absolute atomic E-state index is 0.0308. The lowest BCUT2D eigenvalue weighted by Crippen LogP contribution is -2.63. The number of hydrogen-bond donors (Lipinski definition) is 0. The average molecular weight is 866 g/mol. The van der Waals surface area contributed by atoms with Crippen LogP contribution >= 0.6 is 11.3 Å². The SMILES string of the molecule is CC(C)(C)c1ccc(N2c3ccc(C(C)(C)C)cc3B3c4c2cccc4N(c2ccc(C(C)(C)C)cc2)c2c3n(-c3ccccc3)c3c2ccc2c4cc(C(C)(C)C)ccc4sc23)cc1. The summed E-state index contributed by atoms with van der Waals surface area (Å²) in [4.78, 5) is 5.15. The van der Waals surface area contributed by atoms with Gasteiger partial charge in [0.1, 0.15) is 0 Å². The van der Waals surface area contributed by atoms with Crippen LogP contribution in [0.2, 0.25) is 0 Å². The van der Waals surface area contributed by atoms with Crippen LogP contribution in [0.15, 0.2) is 146 Å². The van der Waals surface area contributed by atoms with E-state index in [0.717, 1.165) is 0 Å². The first-order valence-electron chi connectivity index (χ1n) is 23.5. The maximum atomic E-state index is 2.66. The first-order chi connectivity index (χ1) is 30.8. The second kappa shape index (κ2) is 14.2. The van der Waals surface area contributed by atoms with Crippen LogP contribution in [0.3, 0.4) is 0 Å². The number of rotatable bonds is 3. The third kappa shape index (κ3) is 6.51. The van der Waals surface area contributed by atoms with Crippen molar-refractivity contribution in [1.29, 1.82) is 0 Å². The van der Waals surface area contributed by atoms with E-state index in [0.29, 0.717) is 0 Å². The van der Waals surface area contributed by atoms with Crippen molar-refractivity contribution in [2.24, 2.45) is 0 Å². The van der Waals surface area contributed by atoms with Gasteiger partial charge in [-0.1, -0.05) is 162 Å². The van der Waals surface area contributed by atoms with Gasteiger partial charge in [0.2, 0.25) is 0 Å². The molecule has 0 atom stereocenters. The maximum absolute atomic E-state index is 2.66. The zero-order chi connectivity index (χ0) is 45.5. The largest absolute Gasteiger partial charge is 0.318 e. The molecule has 0 N–H and O–H groups in total. The molecule has 3 nitrogen and oxygen atoms in total. The summed E-state index contributed by atoms with van der Waals surface area (Å²) in [6.45, 7) is 27.7. The smallest absolute Gasteiger partial charge is 0.273 e. The van der Waals surface area contributed by atoms with Gasteiger partial charge in [0, 0.05) is 60.6 Å². The van der Waals surface area contributed by atoms with Gasteiger partial charge in [0.15, 0.2) is 0 Å². The molecule has 2 aromatic heterocycles. The van der Waals surface area contributed by atoms with Crippen LogP contribution < -0.4 is 26.3 Å². The zero-order valence-corrected chi connectivity index (χ0v) is 41.0. The molecule has 65 heavy (non-hydrogen) atoms. The van der Waals surface area contributed by atoms with Crippen molar-refractivity contribution in [2.45, 2.75) is 105 Å². The van der Waals surface area contributed by atoms with E-state index in [9.17, 15) is 0 Å². The Kier molecular flexibility index (Phi) is 9.12. The van der Waals surface area contributed by atoms with Gasteiger partial charge in [-0.25, -0.2) is 0 Å². The first kappa shape index (κ1) is 41.7. The summed E-state index contributed by atoms with van der Waals surface area (Å²) in [6.07, 6.45) is 0. The molecule has 0 aliphatic carbocycles. The Bertz CT molecular complexity index is 3340. The summed E-state index contributed by atoms with van der Waals surface area (Å²) in [5.74, 6) is 0. The molecular weight excluding hydrogens is 806 g/mol. The lowest BCUT2D eigenvalue weighted by molar-refractivity contribution is 0.590. The normalized spacial score (nSPS) is 14.1. The minimum Gasteiger partial charge on any atom is -0.318 e. The molecule has 0 saturated carbocycles. The number of fused-ring (bicyclic) bond motifs is 10. The van der Waals surface area contributed by atoms with Gasteiger partial charge < -0.3 is 14.4 Å². The van der Waals surface area contributed by atoms with E-state index in [1.807, 2.05) is 11.3 Å². The van der Waals surface area contributed by atoms with Crippen molar-refractivity contribution in [3.05, 3.63) is 168 Å². The van der Waals surface area contributed by atoms with Gasteiger partial charge >= 0.3 is 0 Å². The molecule has 9 aromatic rings. The van der Waals surface area contributed by atoms with E-state index in [1.54, 1.807) is 0 Å². The molecule has 0 radical (unpaired) electrons. The fourth-order valence-electron chi connectivity index (χ4n) is 10.6. The Balaban J connectivity index is 1.30. The molecule has 2 aliphatic heterocycles. The Hall–Kier alpha value is -6.04. The van der Waals surface area contributed by atoms with E-state index in [1.165, 1.54) is 110 Å². The molecule has 7 aromatic carbocycles. The molecule has 4 heterocycles. The second-order valence-corrected chi connectivity index (χ2v) is 23.8. The van der Waals surface area contributed by atoms with Crippen LogP contribution in [0, 0.1) is 0 Å². The Morgan fingerprint density at radius 2 is 0.938 bits per heavy atom. The molecule has 324 valence electrons. The number of hydrogen-bond acceptors (Lipinski definition) is 3. The molecule has 0 spiro atoms. The molecular formula is C60H60BN3S. The highest BCUT2D eigenvalue weighted by Gasteiger charge is 2.47. The van der Waals surface area contributed by atoms with Gasteiger partial charge in [-0.15, -0.1) is 11.3 Å².